The average molecular weight is 362 g/mol. The first-order valence-electron chi connectivity index (χ1n) is 7.35. The Morgan fingerprint density at radius 1 is 1.14 bits per heavy atom. The van der Waals surface area contributed by atoms with Gasteiger partial charge in [0.25, 0.3) is 5.91 Å². The molecule has 0 fully saturated rings. The van der Waals surface area contributed by atoms with E-state index >= 15 is 0 Å². The van der Waals surface area contributed by atoms with Crippen molar-refractivity contribution in [2.24, 2.45) is 0 Å². The zero-order valence-corrected chi connectivity index (χ0v) is 14.4. The molecule has 0 spiro atoms. The fourth-order valence-corrected chi connectivity index (χ4v) is 2.35. The second kappa shape index (κ2) is 7.99. The first-order valence-corrected chi connectivity index (χ1v) is 8.14. The fourth-order valence-electron chi connectivity index (χ4n) is 2.09. The molecule has 1 atom stereocenters. The zero-order valence-electron chi connectivity index (χ0n) is 12.8. The normalized spacial score (nSPS) is 11.8. The lowest BCUT2D eigenvalue weighted by atomic mass is 10.1. The molecule has 22 heavy (non-hydrogen) atoms. The quantitative estimate of drug-likeness (QED) is 0.834. The van der Waals surface area contributed by atoms with E-state index in [1.54, 1.807) is 0 Å². The van der Waals surface area contributed by atoms with Gasteiger partial charge in [-0.25, -0.2) is 0 Å². The Balaban J connectivity index is 1.83. The van der Waals surface area contributed by atoms with Crippen LogP contribution in [0.1, 0.15) is 31.0 Å². The SMILES string of the molecule is CCc1ccc([C@H](C)NC(=O)COc2ccc(Br)cc2)cc1. The maximum atomic E-state index is 11.9. The van der Waals surface area contributed by atoms with Gasteiger partial charge < -0.3 is 10.1 Å². The number of amides is 1. The molecule has 4 heteroatoms. The molecule has 0 aliphatic carbocycles. The largest absolute Gasteiger partial charge is 0.484 e. The maximum absolute atomic E-state index is 11.9. The van der Waals surface area contributed by atoms with E-state index in [0.717, 1.165) is 16.5 Å². The lowest BCUT2D eigenvalue weighted by Crippen LogP contribution is -2.31. The third kappa shape index (κ3) is 4.88. The Labute approximate surface area is 139 Å². The molecule has 0 heterocycles. The van der Waals surface area contributed by atoms with Gasteiger partial charge in [0.1, 0.15) is 5.75 Å². The molecule has 0 aliphatic heterocycles. The van der Waals surface area contributed by atoms with Crippen LogP contribution < -0.4 is 10.1 Å². The summed E-state index contributed by atoms with van der Waals surface area (Å²) in [6.07, 6.45) is 1.02. The van der Waals surface area contributed by atoms with Gasteiger partial charge in [-0.3, -0.25) is 4.79 Å². The minimum absolute atomic E-state index is 0.0129. The van der Waals surface area contributed by atoms with Crippen molar-refractivity contribution in [3.63, 3.8) is 0 Å². The van der Waals surface area contributed by atoms with Crippen molar-refractivity contribution in [1.29, 1.82) is 0 Å². The van der Waals surface area contributed by atoms with Crippen LogP contribution in [0.5, 0.6) is 5.75 Å². The number of benzene rings is 2. The van der Waals surface area contributed by atoms with Crippen LogP contribution in [0.4, 0.5) is 0 Å². The number of aryl methyl sites for hydroxylation is 1. The van der Waals surface area contributed by atoms with Gasteiger partial charge in [-0.15, -0.1) is 0 Å². The lowest BCUT2D eigenvalue weighted by Gasteiger charge is -2.15. The highest BCUT2D eigenvalue weighted by molar-refractivity contribution is 9.10. The van der Waals surface area contributed by atoms with Gasteiger partial charge in [-0.1, -0.05) is 47.1 Å². The van der Waals surface area contributed by atoms with Gasteiger partial charge in [0, 0.05) is 4.47 Å². The van der Waals surface area contributed by atoms with Crippen LogP contribution in [0.25, 0.3) is 0 Å². The molecule has 0 saturated carbocycles. The molecule has 0 saturated heterocycles. The molecule has 2 aromatic carbocycles. The van der Waals surface area contributed by atoms with Crippen molar-refractivity contribution in [3.8, 4) is 5.75 Å². The van der Waals surface area contributed by atoms with Gasteiger partial charge in [0.15, 0.2) is 6.61 Å². The minimum atomic E-state index is -0.130. The number of hydrogen-bond donors (Lipinski definition) is 1. The van der Waals surface area contributed by atoms with Crippen molar-refractivity contribution in [2.45, 2.75) is 26.3 Å². The van der Waals surface area contributed by atoms with E-state index in [1.165, 1.54) is 5.56 Å². The second-order valence-corrected chi connectivity index (χ2v) is 6.04. The van der Waals surface area contributed by atoms with E-state index in [2.05, 4.69) is 52.4 Å². The van der Waals surface area contributed by atoms with Crippen LogP contribution in [0.3, 0.4) is 0 Å². The van der Waals surface area contributed by atoms with Crippen LogP contribution >= 0.6 is 15.9 Å². The fraction of sp³-hybridized carbons (Fsp3) is 0.278. The summed E-state index contributed by atoms with van der Waals surface area (Å²) in [5.74, 6) is 0.549. The van der Waals surface area contributed by atoms with Crippen molar-refractivity contribution in [3.05, 3.63) is 64.1 Å². The Bertz CT molecular complexity index is 608. The summed E-state index contributed by atoms with van der Waals surface area (Å²) in [5.41, 5.74) is 2.38. The van der Waals surface area contributed by atoms with Crippen LogP contribution in [-0.4, -0.2) is 12.5 Å². The van der Waals surface area contributed by atoms with E-state index in [-0.39, 0.29) is 18.6 Å². The molecule has 1 amide bonds. The zero-order chi connectivity index (χ0) is 15.9. The summed E-state index contributed by atoms with van der Waals surface area (Å²) in [6, 6.07) is 15.7. The van der Waals surface area contributed by atoms with Gasteiger partial charge in [-0.2, -0.15) is 0 Å². The van der Waals surface area contributed by atoms with Crippen molar-refractivity contribution < 1.29 is 9.53 Å². The van der Waals surface area contributed by atoms with Crippen molar-refractivity contribution >= 4 is 21.8 Å². The predicted molar refractivity (Wildman–Crippen MR) is 92.0 cm³/mol. The monoisotopic (exact) mass is 361 g/mol. The summed E-state index contributed by atoms with van der Waals surface area (Å²) in [5, 5.41) is 2.94. The molecular formula is C18H20BrNO2. The minimum Gasteiger partial charge on any atom is -0.484 e. The highest BCUT2D eigenvalue weighted by Gasteiger charge is 2.10. The number of rotatable bonds is 6. The van der Waals surface area contributed by atoms with E-state index < -0.39 is 0 Å². The third-order valence-corrected chi connectivity index (χ3v) is 3.98. The number of carbonyl (C=O) groups excluding carboxylic acids is 1. The maximum Gasteiger partial charge on any atom is 0.258 e. The molecule has 116 valence electrons. The molecule has 2 rings (SSSR count). The third-order valence-electron chi connectivity index (χ3n) is 3.45. The van der Waals surface area contributed by atoms with Gasteiger partial charge in [0.05, 0.1) is 6.04 Å². The Morgan fingerprint density at radius 2 is 1.77 bits per heavy atom. The summed E-state index contributed by atoms with van der Waals surface area (Å²) >= 11 is 3.36. The summed E-state index contributed by atoms with van der Waals surface area (Å²) in [6.45, 7) is 4.11. The number of halogens is 1. The van der Waals surface area contributed by atoms with E-state index in [0.29, 0.717) is 5.75 Å². The number of hydrogen-bond acceptors (Lipinski definition) is 2. The predicted octanol–water partition coefficient (Wildman–Crippen LogP) is 4.27. The standard InChI is InChI=1S/C18H20BrNO2/c1-3-14-4-6-15(7-5-14)13(2)20-18(21)12-22-17-10-8-16(19)9-11-17/h4-11,13H,3,12H2,1-2H3,(H,20,21)/t13-/m0/s1. The van der Waals surface area contributed by atoms with Crippen LogP contribution in [-0.2, 0) is 11.2 Å². The molecular weight excluding hydrogens is 342 g/mol. The second-order valence-electron chi connectivity index (χ2n) is 5.13. The summed E-state index contributed by atoms with van der Waals surface area (Å²) in [7, 11) is 0. The number of nitrogens with one attached hydrogen (secondary N) is 1. The first-order chi connectivity index (χ1) is 10.6. The smallest absolute Gasteiger partial charge is 0.258 e. The first kappa shape index (κ1) is 16.6. The van der Waals surface area contributed by atoms with E-state index in [9.17, 15) is 4.79 Å². The Morgan fingerprint density at radius 3 is 2.36 bits per heavy atom. The number of ether oxygens (including phenoxy) is 1. The molecule has 0 aliphatic rings. The molecule has 0 unspecified atom stereocenters. The van der Waals surface area contributed by atoms with E-state index in [1.807, 2.05) is 31.2 Å². The highest BCUT2D eigenvalue weighted by atomic mass is 79.9. The van der Waals surface area contributed by atoms with Gasteiger partial charge >= 0.3 is 0 Å². The van der Waals surface area contributed by atoms with Crippen LogP contribution in [0, 0.1) is 0 Å². The van der Waals surface area contributed by atoms with Crippen molar-refractivity contribution in [1.82, 2.24) is 5.32 Å². The molecule has 1 N–H and O–H groups in total. The molecule has 2 aromatic rings. The Kier molecular flexibility index (Phi) is 6.01. The topological polar surface area (TPSA) is 38.3 Å². The van der Waals surface area contributed by atoms with Crippen LogP contribution in [0.15, 0.2) is 53.0 Å². The van der Waals surface area contributed by atoms with Gasteiger partial charge in [0.2, 0.25) is 0 Å². The molecule has 0 bridgehead atoms. The molecule has 0 aromatic heterocycles. The lowest BCUT2D eigenvalue weighted by molar-refractivity contribution is -0.123. The summed E-state index contributed by atoms with van der Waals surface area (Å²) < 4.78 is 6.44. The van der Waals surface area contributed by atoms with Crippen LogP contribution in [0.2, 0.25) is 0 Å². The summed E-state index contributed by atoms with van der Waals surface area (Å²) in [4.78, 5) is 11.9. The van der Waals surface area contributed by atoms with E-state index in [4.69, 9.17) is 4.74 Å². The van der Waals surface area contributed by atoms with Gasteiger partial charge in [-0.05, 0) is 48.7 Å². The van der Waals surface area contributed by atoms with Crippen molar-refractivity contribution in [2.75, 3.05) is 6.61 Å². The highest BCUT2D eigenvalue weighted by Crippen LogP contribution is 2.16. The average Bonchev–Trinajstić information content (AvgIpc) is 2.54. The number of carbonyl (C=O) groups is 1. The molecule has 3 nitrogen and oxygen atoms in total. The Hall–Kier alpha value is -1.81. The molecule has 0 radical (unpaired) electrons.